The Labute approximate surface area is 126 Å². The number of aliphatic carboxylic acids is 1. The van der Waals surface area contributed by atoms with Gasteiger partial charge in [0, 0.05) is 16.4 Å². The standard InChI is InChI=1S/C14H15NO3S2/c1-3-5-10(4-2)19-7-9-8-20-12-6-11(16)15(12)13(9)14(17)18/h3-5,12H,1-2,6-8H2,(H,17,18)/b10-5+. The average molecular weight is 309 g/mol. The van der Waals surface area contributed by atoms with E-state index in [1.165, 1.54) is 16.7 Å². The van der Waals surface area contributed by atoms with Crippen LogP contribution in [-0.4, -0.2) is 38.8 Å². The first-order valence-corrected chi connectivity index (χ1v) is 8.08. The van der Waals surface area contributed by atoms with Gasteiger partial charge < -0.3 is 5.11 Å². The van der Waals surface area contributed by atoms with Crippen LogP contribution in [0.5, 0.6) is 0 Å². The van der Waals surface area contributed by atoms with Crippen molar-refractivity contribution in [1.29, 1.82) is 0 Å². The molecule has 1 atom stereocenters. The van der Waals surface area contributed by atoms with Crippen LogP contribution in [0, 0.1) is 0 Å². The molecule has 0 radical (unpaired) electrons. The van der Waals surface area contributed by atoms with Crippen molar-refractivity contribution in [2.45, 2.75) is 11.8 Å². The normalized spacial score (nSPS) is 22.2. The van der Waals surface area contributed by atoms with E-state index < -0.39 is 5.97 Å². The minimum atomic E-state index is -1.02. The number of thioether (sulfide) groups is 2. The van der Waals surface area contributed by atoms with Gasteiger partial charge >= 0.3 is 5.97 Å². The molecule has 2 aliphatic rings. The lowest BCUT2D eigenvalue weighted by molar-refractivity contribution is -0.146. The van der Waals surface area contributed by atoms with Gasteiger partial charge in [-0.3, -0.25) is 9.69 Å². The smallest absolute Gasteiger partial charge is 0.352 e. The number of amides is 1. The Bertz CT molecular complexity index is 537. The molecule has 0 spiro atoms. The Balaban J connectivity index is 2.18. The van der Waals surface area contributed by atoms with Crippen molar-refractivity contribution in [3.63, 3.8) is 0 Å². The van der Waals surface area contributed by atoms with E-state index in [0.29, 0.717) is 17.9 Å². The maximum Gasteiger partial charge on any atom is 0.352 e. The molecule has 0 aromatic carbocycles. The molecule has 2 heterocycles. The zero-order valence-corrected chi connectivity index (χ0v) is 12.5. The van der Waals surface area contributed by atoms with Crippen molar-refractivity contribution < 1.29 is 14.7 Å². The first-order chi connectivity index (χ1) is 9.58. The number of carbonyl (C=O) groups is 2. The van der Waals surface area contributed by atoms with Crippen LogP contribution in [0.25, 0.3) is 0 Å². The Morgan fingerprint density at radius 3 is 2.85 bits per heavy atom. The molecule has 0 aliphatic carbocycles. The predicted molar refractivity (Wildman–Crippen MR) is 83.3 cm³/mol. The molecule has 0 bridgehead atoms. The summed E-state index contributed by atoms with van der Waals surface area (Å²) in [6.07, 6.45) is 5.64. The lowest BCUT2D eigenvalue weighted by Gasteiger charge is -2.44. The summed E-state index contributed by atoms with van der Waals surface area (Å²) >= 11 is 3.13. The second-order valence-corrected chi connectivity index (χ2v) is 6.50. The molecule has 106 valence electrons. The summed E-state index contributed by atoms with van der Waals surface area (Å²) in [6.45, 7) is 7.34. The number of allylic oxidation sites excluding steroid dienone is 3. The van der Waals surface area contributed by atoms with Gasteiger partial charge in [0.25, 0.3) is 0 Å². The fourth-order valence-electron chi connectivity index (χ4n) is 2.05. The van der Waals surface area contributed by atoms with E-state index in [0.717, 1.165) is 10.5 Å². The lowest BCUT2D eigenvalue weighted by Crippen LogP contribution is -2.54. The fourth-order valence-corrected chi connectivity index (χ4v) is 4.33. The average Bonchev–Trinajstić information content (AvgIpc) is 2.42. The van der Waals surface area contributed by atoms with Crippen LogP contribution in [0.3, 0.4) is 0 Å². The summed E-state index contributed by atoms with van der Waals surface area (Å²) in [4.78, 5) is 25.4. The highest BCUT2D eigenvalue weighted by Gasteiger charge is 2.45. The molecule has 1 amide bonds. The molecule has 1 N–H and O–H groups in total. The van der Waals surface area contributed by atoms with E-state index in [1.807, 2.05) is 6.08 Å². The second kappa shape index (κ2) is 6.37. The van der Waals surface area contributed by atoms with Gasteiger partial charge in [0.1, 0.15) is 5.70 Å². The van der Waals surface area contributed by atoms with E-state index in [2.05, 4.69) is 13.2 Å². The zero-order valence-electron chi connectivity index (χ0n) is 10.9. The topological polar surface area (TPSA) is 57.6 Å². The molecule has 2 rings (SSSR count). The van der Waals surface area contributed by atoms with E-state index in [-0.39, 0.29) is 17.0 Å². The molecule has 0 aromatic rings. The van der Waals surface area contributed by atoms with Gasteiger partial charge in [-0.2, -0.15) is 0 Å². The van der Waals surface area contributed by atoms with Crippen LogP contribution in [0.2, 0.25) is 0 Å². The highest BCUT2D eigenvalue weighted by Crippen LogP contribution is 2.41. The lowest BCUT2D eigenvalue weighted by atomic mass is 10.1. The van der Waals surface area contributed by atoms with Gasteiger partial charge in [0.15, 0.2) is 0 Å². The van der Waals surface area contributed by atoms with Crippen LogP contribution in [0.15, 0.2) is 47.6 Å². The quantitative estimate of drug-likeness (QED) is 0.604. The predicted octanol–water partition coefficient (Wildman–Crippen LogP) is 2.62. The van der Waals surface area contributed by atoms with E-state index in [4.69, 9.17) is 0 Å². The number of nitrogens with zero attached hydrogens (tertiary/aromatic N) is 1. The van der Waals surface area contributed by atoms with Crippen LogP contribution in [0.4, 0.5) is 0 Å². The third-order valence-electron chi connectivity index (χ3n) is 3.03. The minimum absolute atomic E-state index is 0.00458. The first-order valence-electron chi connectivity index (χ1n) is 6.05. The van der Waals surface area contributed by atoms with Gasteiger partial charge in [-0.05, 0) is 11.6 Å². The van der Waals surface area contributed by atoms with Gasteiger partial charge in [-0.15, -0.1) is 23.5 Å². The molecular formula is C14H15NO3S2. The van der Waals surface area contributed by atoms with Crippen molar-refractivity contribution in [1.82, 2.24) is 4.90 Å². The summed E-state index contributed by atoms with van der Waals surface area (Å²) in [5.74, 6) is 0.0674. The molecule has 0 saturated carbocycles. The maximum absolute atomic E-state index is 11.6. The molecular weight excluding hydrogens is 294 g/mol. The number of carboxylic acid groups (broad SMARTS) is 1. The number of carboxylic acids is 1. The number of β-lactam (4-membered cyclic amide) rings is 1. The Morgan fingerprint density at radius 2 is 2.30 bits per heavy atom. The monoisotopic (exact) mass is 309 g/mol. The van der Waals surface area contributed by atoms with E-state index in [1.54, 1.807) is 23.9 Å². The van der Waals surface area contributed by atoms with Gasteiger partial charge in [-0.1, -0.05) is 25.3 Å². The van der Waals surface area contributed by atoms with Crippen LogP contribution < -0.4 is 0 Å². The SMILES string of the molecule is C=C/C=C(\C=C)SCC1=C(C(=O)O)N2C(=O)CC2SC1. The summed E-state index contributed by atoms with van der Waals surface area (Å²) < 4.78 is 0. The van der Waals surface area contributed by atoms with Crippen molar-refractivity contribution in [2.75, 3.05) is 11.5 Å². The van der Waals surface area contributed by atoms with Crippen molar-refractivity contribution in [2.24, 2.45) is 0 Å². The summed E-state index contributed by atoms with van der Waals surface area (Å²) in [6, 6.07) is 0. The Hall–Kier alpha value is -1.40. The molecule has 6 heteroatoms. The molecule has 4 nitrogen and oxygen atoms in total. The van der Waals surface area contributed by atoms with Crippen LogP contribution >= 0.6 is 23.5 Å². The van der Waals surface area contributed by atoms with Crippen molar-refractivity contribution in [3.05, 3.63) is 47.6 Å². The highest BCUT2D eigenvalue weighted by atomic mass is 32.2. The van der Waals surface area contributed by atoms with Gasteiger partial charge in [0.05, 0.1) is 11.8 Å². The van der Waals surface area contributed by atoms with Crippen molar-refractivity contribution in [3.8, 4) is 0 Å². The number of hydrogen-bond donors (Lipinski definition) is 1. The van der Waals surface area contributed by atoms with E-state index in [9.17, 15) is 14.7 Å². The third kappa shape index (κ3) is 2.86. The number of rotatable bonds is 6. The summed E-state index contributed by atoms with van der Waals surface area (Å²) in [5.41, 5.74) is 0.952. The molecule has 1 unspecified atom stereocenters. The fraction of sp³-hybridized carbons (Fsp3) is 0.286. The maximum atomic E-state index is 11.6. The van der Waals surface area contributed by atoms with Gasteiger partial charge in [0.2, 0.25) is 5.91 Å². The summed E-state index contributed by atoms with van der Waals surface area (Å²) in [7, 11) is 0. The second-order valence-electron chi connectivity index (χ2n) is 4.29. The Morgan fingerprint density at radius 1 is 1.55 bits per heavy atom. The number of fused-ring (bicyclic) bond motifs is 1. The van der Waals surface area contributed by atoms with Gasteiger partial charge in [-0.25, -0.2) is 4.79 Å². The van der Waals surface area contributed by atoms with E-state index >= 15 is 0 Å². The molecule has 1 saturated heterocycles. The number of carbonyl (C=O) groups excluding carboxylic acids is 1. The number of hydrogen-bond acceptors (Lipinski definition) is 4. The molecule has 0 aromatic heterocycles. The largest absolute Gasteiger partial charge is 0.477 e. The zero-order chi connectivity index (χ0) is 14.7. The van der Waals surface area contributed by atoms with Crippen LogP contribution in [-0.2, 0) is 9.59 Å². The summed E-state index contributed by atoms with van der Waals surface area (Å²) in [5, 5.41) is 9.36. The van der Waals surface area contributed by atoms with Crippen LogP contribution in [0.1, 0.15) is 6.42 Å². The molecule has 20 heavy (non-hydrogen) atoms. The molecule has 1 fully saturated rings. The highest BCUT2D eigenvalue weighted by molar-refractivity contribution is 8.03. The molecule has 2 aliphatic heterocycles. The first kappa shape index (κ1) is 15.0. The Kier molecular flexibility index (Phi) is 4.77. The van der Waals surface area contributed by atoms with Crippen molar-refractivity contribution >= 4 is 35.4 Å². The third-order valence-corrected chi connectivity index (χ3v) is 5.44. The minimum Gasteiger partial charge on any atom is -0.477 e.